The maximum absolute atomic E-state index is 14.3. The van der Waals surface area contributed by atoms with Crippen LogP contribution in [0, 0.1) is 17.6 Å². The zero-order valence-electron chi connectivity index (χ0n) is 15.4. The number of rotatable bonds is 2. The molecule has 1 aromatic carbocycles. The minimum absolute atomic E-state index is 0.0325. The van der Waals surface area contributed by atoms with Crippen LogP contribution in [0.4, 0.5) is 8.78 Å². The molecule has 3 aliphatic rings. The molecule has 2 saturated heterocycles. The van der Waals surface area contributed by atoms with Crippen molar-refractivity contribution in [2.45, 2.75) is 57.4 Å². The Morgan fingerprint density at radius 2 is 1.54 bits per heavy atom. The highest BCUT2D eigenvalue weighted by Gasteiger charge is 2.36. The molecule has 2 fully saturated rings. The quantitative estimate of drug-likeness (QED) is 0.792. The fraction of sp³-hybridized carbons (Fsp3) is 0.667. The van der Waals surface area contributed by atoms with Crippen LogP contribution in [0.5, 0.6) is 0 Å². The van der Waals surface area contributed by atoms with Gasteiger partial charge in [-0.15, -0.1) is 0 Å². The van der Waals surface area contributed by atoms with E-state index in [4.69, 9.17) is 0 Å². The average Bonchev–Trinajstić information content (AvgIpc) is 2.94. The molecule has 0 saturated carbocycles. The average molecular weight is 362 g/mol. The first kappa shape index (κ1) is 17.9. The zero-order chi connectivity index (χ0) is 18.1. The van der Waals surface area contributed by atoms with Crippen LogP contribution in [0.3, 0.4) is 0 Å². The van der Waals surface area contributed by atoms with Crippen LogP contribution in [0.15, 0.2) is 12.1 Å². The van der Waals surface area contributed by atoms with Gasteiger partial charge in [0.15, 0.2) is 0 Å². The van der Waals surface area contributed by atoms with Crippen molar-refractivity contribution in [3.05, 3.63) is 34.9 Å². The van der Waals surface area contributed by atoms with Gasteiger partial charge in [0.25, 0.3) is 0 Å². The third-order valence-corrected chi connectivity index (χ3v) is 6.48. The molecule has 1 aromatic rings. The van der Waals surface area contributed by atoms with Crippen LogP contribution in [-0.4, -0.2) is 41.9 Å². The summed E-state index contributed by atoms with van der Waals surface area (Å²) in [6.45, 7) is 3.40. The van der Waals surface area contributed by atoms with Crippen molar-refractivity contribution in [1.82, 2.24) is 9.80 Å². The van der Waals surface area contributed by atoms with E-state index in [2.05, 4.69) is 9.80 Å². The lowest BCUT2D eigenvalue weighted by Gasteiger charge is -2.37. The summed E-state index contributed by atoms with van der Waals surface area (Å²) in [4.78, 5) is 17.2. The Hall–Kier alpha value is -1.49. The lowest BCUT2D eigenvalue weighted by Crippen LogP contribution is -2.43. The minimum Gasteiger partial charge on any atom is -0.342 e. The predicted octanol–water partition coefficient (Wildman–Crippen LogP) is 4.07. The molecule has 26 heavy (non-hydrogen) atoms. The lowest BCUT2D eigenvalue weighted by molar-refractivity contribution is -0.137. The Bertz CT molecular complexity index is 662. The van der Waals surface area contributed by atoms with Crippen molar-refractivity contribution in [2.75, 3.05) is 26.2 Å². The number of benzene rings is 1. The molecule has 0 radical (unpaired) electrons. The molecule has 1 aliphatic carbocycles. The second-order valence-electron chi connectivity index (χ2n) is 8.03. The Morgan fingerprint density at radius 1 is 0.885 bits per heavy atom. The van der Waals surface area contributed by atoms with E-state index in [0.29, 0.717) is 23.5 Å². The summed E-state index contributed by atoms with van der Waals surface area (Å²) < 4.78 is 28.3. The van der Waals surface area contributed by atoms with Gasteiger partial charge in [-0.25, -0.2) is 8.78 Å². The van der Waals surface area contributed by atoms with E-state index in [1.807, 2.05) is 0 Å². The molecule has 0 N–H and O–H groups in total. The number of nitrogens with zero attached hydrogens (tertiary/aromatic N) is 2. The number of likely N-dealkylation sites (tertiary alicyclic amines) is 2. The molecular weight excluding hydrogens is 334 g/mol. The van der Waals surface area contributed by atoms with E-state index in [9.17, 15) is 13.6 Å². The molecule has 0 aromatic heterocycles. The lowest BCUT2D eigenvalue weighted by atomic mass is 9.93. The summed E-state index contributed by atoms with van der Waals surface area (Å²) in [7, 11) is 0. The molecule has 5 heteroatoms. The number of fused-ring (bicyclic) bond motifs is 1. The molecule has 4 rings (SSSR count). The third kappa shape index (κ3) is 3.38. The van der Waals surface area contributed by atoms with Gasteiger partial charge in [-0.05, 0) is 69.3 Å². The topological polar surface area (TPSA) is 23.6 Å². The van der Waals surface area contributed by atoms with Crippen LogP contribution in [0.25, 0.3) is 0 Å². The maximum Gasteiger partial charge on any atom is 0.225 e. The summed E-state index contributed by atoms with van der Waals surface area (Å²) in [6.07, 6.45) is 7.74. The fourth-order valence-corrected chi connectivity index (χ4v) is 5.02. The first-order valence-electron chi connectivity index (χ1n) is 10.1. The molecule has 2 aliphatic heterocycles. The third-order valence-electron chi connectivity index (χ3n) is 6.48. The van der Waals surface area contributed by atoms with E-state index < -0.39 is 0 Å². The molecule has 1 amide bonds. The summed E-state index contributed by atoms with van der Waals surface area (Å²) in [5, 5.41) is 0. The Balaban J connectivity index is 1.39. The molecule has 2 heterocycles. The minimum atomic E-state index is -0.285. The van der Waals surface area contributed by atoms with Gasteiger partial charge in [0, 0.05) is 30.6 Å². The Kier molecular flexibility index (Phi) is 5.25. The van der Waals surface area contributed by atoms with Gasteiger partial charge in [-0.2, -0.15) is 0 Å². The molecule has 0 unspecified atom stereocenters. The number of carbonyl (C=O) groups is 1. The van der Waals surface area contributed by atoms with E-state index >= 15 is 0 Å². The van der Waals surface area contributed by atoms with Crippen molar-refractivity contribution < 1.29 is 13.6 Å². The highest BCUT2D eigenvalue weighted by Crippen LogP contribution is 2.40. The van der Waals surface area contributed by atoms with Gasteiger partial charge in [-0.3, -0.25) is 9.69 Å². The fourth-order valence-electron chi connectivity index (χ4n) is 5.02. The number of piperidine rings is 1. The van der Waals surface area contributed by atoms with Gasteiger partial charge in [0.2, 0.25) is 5.91 Å². The molecule has 0 spiro atoms. The van der Waals surface area contributed by atoms with Gasteiger partial charge in [0.05, 0.1) is 0 Å². The monoisotopic (exact) mass is 362 g/mol. The number of halogens is 2. The largest absolute Gasteiger partial charge is 0.342 e. The van der Waals surface area contributed by atoms with Crippen LogP contribution in [0.2, 0.25) is 0 Å². The van der Waals surface area contributed by atoms with Crippen LogP contribution in [-0.2, 0) is 11.2 Å². The number of hydrogen-bond acceptors (Lipinski definition) is 2. The van der Waals surface area contributed by atoms with Crippen LogP contribution in [0.1, 0.15) is 62.1 Å². The second kappa shape index (κ2) is 7.63. The van der Waals surface area contributed by atoms with Gasteiger partial charge in [-0.1, -0.05) is 12.8 Å². The molecule has 3 nitrogen and oxygen atoms in total. The Labute approximate surface area is 154 Å². The Morgan fingerprint density at radius 3 is 2.23 bits per heavy atom. The highest BCUT2D eigenvalue weighted by molar-refractivity contribution is 5.79. The van der Waals surface area contributed by atoms with Crippen LogP contribution >= 0.6 is 0 Å². The SMILES string of the molecule is O=C(C1CCN([C@H]2CCc3c(F)ccc(F)c32)CC1)N1CCCCCC1. The van der Waals surface area contributed by atoms with Gasteiger partial charge < -0.3 is 4.90 Å². The van der Waals surface area contributed by atoms with E-state index in [1.54, 1.807) is 0 Å². The summed E-state index contributed by atoms with van der Waals surface area (Å²) >= 11 is 0. The van der Waals surface area contributed by atoms with Crippen molar-refractivity contribution in [3.63, 3.8) is 0 Å². The molecule has 0 bridgehead atoms. The van der Waals surface area contributed by atoms with Crippen molar-refractivity contribution in [1.29, 1.82) is 0 Å². The summed E-state index contributed by atoms with van der Waals surface area (Å²) in [5.41, 5.74) is 1.11. The summed E-state index contributed by atoms with van der Waals surface area (Å²) in [6, 6.07) is 2.46. The van der Waals surface area contributed by atoms with Crippen LogP contribution < -0.4 is 0 Å². The van der Waals surface area contributed by atoms with Crippen molar-refractivity contribution in [2.24, 2.45) is 5.92 Å². The molecule has 1 atom stereocenters. The van der Waals surface area contributed by atoms with Crippen molar-refractivity contribution in [3.8, 4) is 0 Å². The smallest absolute Gasteiger partial charge is 0.225 e. The molecule has 142 valence electrons. The van der Waals surface area contributed by atoms with E-state index in [1.165, 1.54) is 25.0 Å². The van der Waals surface area contributed by atoms with Crippen molar-refractivity contribution >= 4 is 5.91 Å². The van der Waals surface area contributed by atoms with E-state index in [0.717, 1.165) is 58.3 Å². The van der Waals surface area contributed by atoms with Gasteiger partial charge in [0.1, 0.15) is 11.6 Å². The number of carbonyl (C=O) groups excluding carboxylic acids is 1. The first-order valence-corrected chi connectivity index (χ1v) is 10.1. The first-order chi connectivity index (χ1) is 12.6. The standard InChI is InChI=1S/C21H28F2N2O/c22-17-6-7-18(23)20-16(17)5-8-19(20)24-13-9-15(10-14-24)21(26)25-11-3-1-2-4-12-25/h6-7,15,19H,1-5,8-14H2/t19-/m0/s1. The van der Waals surface area contributed by atoms with E-state index in [-0.39, 0.29) is 23.6 Å². The zero-order valence-corrected chi connectivity index (χ0v) is 15.4. The molecular formula is C21H28F2N2O. The number of hydrogen-bond donors (Lipinski definition) is 0. The van der Waals surface area contributed by atoms with Gasteiger partial charge >= 0.3 is 0 Å². The number of amides is 1. The normalized spacial score (nSPS) is 25.2. The second-order valence-corrected chi connectivity index (χ2v) is 8.03. The maximum atomic E-state index is 14.3. The highest BCUT2D eigenvalue weighted by atomic mass is 19.1. The summed E-state index contributed by atoms with van der Waals surface area (Å²) in [5.74, 6) is -0.153. The predicted molar refractivity (Wildman–Crippen MR) is 96.8 cm³/mol.